The molecule has 0 radical (unpaired) electrons. The van der Waals surface area contributed by atoms with Gasteiger partial charge in [-0.05, 0) is 18.4 Å². The molecule has 0 saturated heterocycles. The number of carbonyl (C=O) groups excluding carboxylic acids is 1. The van der Waals surface area contributed by atoms with Gasteiger partial charge in [0, 0.05) is 33.0 Å². The third-order valence-electron chi connectivity index (χ3n) is 3.25. The van der Waals surface area contributed by atoms with Crippen molar-refractivity contribution in [3.05, 3.63) is 35.9 Å². The summed E-state index contributed by atoms with van der Waals surface area (Å²) in [5.74, 6) is 0.138. The number of hydrogen-bond acceptors (Lipinski definition) is 3. The fourth-order valence-electron chi connectivity index (χ4n) is 2.05. The SMILES string of the molecule is COCCN(CCC(N)=S)C(=O)CCCc1ccccc1. The molecule has 0 heterocycles. The third-order valence-corrected chi connectivity index (χ3v) is 3.45. The van der Waals surface area contributed by atoms with Crippen molar-refractivity contribution in [1.29, 1.82) is 0 Å². The van der Waals surface area contributed by atoms with Crippen LogP contribution in [0.4, 0.5) is 0 Å². The van der Waals surface area contributed by atoms with Crippen LogP contribution >= 0.6 is 12.2 Å². The lowest BCUT2D eigenvalue weighted by atomic mass is 10.1. The molecular formula is C16H24N2O2S. The van der Waals surface area contributed by atoms with E-state index in [9.17, 15) is 4.79 Å². The maximum absolute atomic E-state index is 12.2. The Labute approximate surface area is 132 Å². The van der Waals surface area contributed by atoms with Gasteiger partial charge in [-0.2, -0.15) is 0 Å². The summed E-state index contributed by atoms with van der Waals surface area (Å²) in [5, 5.41) is 0. The summed E-state index contributed by atoms with van der Waals surface area (Å²) in [6, 6.07) is 10.2. The fourth-order valence-corrected chi connectivity index (χ4v) is 2.15. The first-order valence-corrected chi connectivity index (χ1v) is 7.63. The van der Waals surface area contributed by atoms with Crippen LogP contribution in [0.25, 0.3) is 0 Å². The zero-order chi connectivity index (χ0) is 15.5. The van der Waals surface area contributed by atoms with Gasteiger partial charge in [0.05, 0.1) is 11.6 Å². The normalized spacial score (nSPS) is 10.3. The van der Waals surface area contributed by atoms with Crippen molar-refractivity contribution < 1.29 is 9.53 Å². The van der Waals surface area contributed by atoms with E-state index in [0.29, 0.717) is 37.5 Å². The Kier molecular flexibility index (Phi) is 8.62. The number of thiocarbonyl (C=S) groups is 1. The topological polar surface area (TPSA) is 55.6 Å². The number of nitrogens with two attached hydrogens (primary N) is 1. The molecule has 116 valence electrons. The van der Waals surface area contributed by atoms with Gasteiger partial charge < -0.3 is 15.4 Å². The molecule has 5 heteroatoms. The van der Waals surface area contributed by atoms with E-state index in [1.54, 1.807) is 12.0 Å². The summed E-state index contributed by atoms with van der Waals surface area (Å²) in [7, 11) is 1.63. The molecule has 1 aromatic rings. The summed E-state index contributed by atoms with van der Waals surface area (Å²) >= 11 is 4.87. The highest BCUT2D eigenvalue weighted by atomic mass is 32.1. The second kappa shape index (κ2) is 10.3. The maximum atomic E-state index is 12.2. The number of hydrogen-bond donors (Lipinski definition) is 1. The number of benzene rings is 1. The Bertz CT molecular complexity index is 437. The number of nitrogens with zero attached hydrogens (tertiary/aromatic N) is 1. The molecule has 0 aliphatic rings. The molecule has 0 bridgehead atoms. The molecule has 1 amide bonds. The van der Waals surface area contributed by atoms with Crippen molar-refractivity contribution in [3.8, 4) is 0 Å². The predicted octanol–water partition coefficient (Wildman–Crippen LogP) is 2.16. The number of methoxy groups -OCH3 is 1. The summed E-state index contributed by atoms with van der Waals surface area (Å²) < 4.78 is 5.05. The second-order valence-corrected chi connectivity index (χ2v) is 5.45. The van der Waals surface area contributed by atoms with Gasteiger partial charge in [-0.25, -0.2) is 0 Å². The van der Waals surface area contributed by atoms with Gasteiger partial charge in [0.25, 0.3) is 0 Å². The summed E-state index contributed by atoms with van der Waals surface area (Å²) in [6.07, 6.45) is 2.86. The van der Waals surface area contributed by atoms with Gasteiger partial charge in [0.1, 0.15) is 0 Å². The monoisotopic (exact) mass is 308 g/mol. The molecule has 4 nitrogen and oxygen atoms in total. The van der Waals surface area contributed by atoms with Crippen LogP contribution in [0.2, 0.25) is 0 Å². The Hall–Kier alpha value is -1.46. The molecular weight excluding hydrogens is 284 g/mol. The molecule has 0 unspecified atom stereocenters. The van der Waals surface area contributed by atoms with Gasteiger partial charge in [0.15, 0.2) is 0 Å². The number of amides is 1. The molecule has 0 saturated carbocycles. The molecule has 0 spiro atoms. The molecule has 0 atom stereocenters. The quantitative estimate of drug-likeness (QED) is 0.673. The number of rotatable bonds is 10. The lowest BCUT2D eigenvalue weighted by Crippen LogP contribution is -2.36. The predicted molar refractivity (Wildman–Crippen MR) is 89.2 cm³/mol. The Morgan fingerprint density at radius 1 is 1.24 bits per heavy atom. The molecule has 0 aliphatic carbocycles. The van der Waals surface area contributed by atoms with E-state index < -0.39 is 0 Å². The van der Waals surface area contributed by atoms with E-state index >= 15 is 0 Å². The molecule has 0 aromatic heterocycles. The molecule has 0 aliphatic heterocycles. The van der Waals surface area contributed by atoms with Crippen LogP contribution in [0.5, 0.6) is 0 Å². The zero-order valence-electron chi connectivity index (χ0n) is 12.6. The lowest BCUT2D eigenvalue weighted by molar-refractivity contribution is -0.131. The minimum atomic E-state index is 0.138. The van der Waals surface area contributed by atoms with Crippen LogP contribution in [0.3, 0.4) is 0 Å². The average Bonchev–Trinajstić information content (AvgIpc) is 2.48. The maximum Gasteiger partial charge on any atom is 0.222 e. The van der Waals surface area contributed by atoms with Gasteiger partial charge in [0.2, 0.25) is 5.91 Å². The van der Waals surface area contributed by atoms with Gasteiger partial charge in [-0.15, -0.1) is 0 Å². The van der Waals surface area contributed by atoms with Crippen molar-refractivity contribution in [2.24, 2.45) is 5.73 Å². The molecule has 1 aromatic carbocycles. The first-order chi connectivity index (χ1) is 10.1. The average molecular weight is 308 g/mol. The van der Waals surface area contributed by atoms with E-state index in [1.165, 1.54) is 5.56 Å². The highest BCUT2D eigenvalue weighted by Crippen LogP contribution is 2.07. The van der Waals surface area contributed by atoms with Crippen LogP contribution in [-0.2, 0) is 16.0 Å². The van der Waals surface area contributed by atoms with Crippen LogP contribution in [-0.4, -0.2) is 42.6 Å². The van der Waals surface area contributed by atoms with E-state index in [1.807, 2.05) is 18.2 Å². The Balaban J connectivity index is 2.38. The Morgan fingerprint density at radius 3 is 2.57 bits per heavy atom. The number of carbonyl (C=O) groups is 1. The third kappa shape index (κ3) is 7.78. The van der Waals surface area contributed by atoms with Crippen LogP contribution < -0.4 is 5.73 Å². The van der Waals surface area contributed by atoms with E-state index in [4.69, 9.17) is 22.7 Å². The fraction of sp³-hybridized carbons (Fsp3) is 0.500. The second-order valence-electron chi connectivity index (χ2n) is 4.93. The van der Waals surface area contributed by atoms with Gasteiger partial charge in [-0.1, -0.05) is 42.5 Å². The van der Waals surface area contributed by atoms with Crippen molar-refractivity contribution in [2.75, 3.05) is 26.8 Å². The van der Waals surface area contributed by atoms with Crippen LogP contribution in [0, 0.1) is 0 Å². The van der Waals surface area contributed by atoms with Crippen LogP contribution in [0.15, 0.2) is 30.3 Å². The van der Waals surface area contributed by atoms with E-state index in [2.05, 4.69) is 12.1 Å². The van der Waals surface area contributed by atoms with Gasteiger partial charge in [-0.3, -0.25) is 4.79 Å². The van der Waals surface area contributed by atoms with Gasteiger partial charge >= 0.3 is 0 Å². The Morgan fingerprint density at radius 2 is 1.95 bits per heavy atom. The minimum Gasteiger partial charge on any atom is -0.393 e. The number of ether oxygens (including phenoxy) is 1. The highest BCUT2D eigenvalue weighted by molar-refractivity contribution is 7.80. The largest absolute Gasteiger partial charge is 0.393 e. The van der Waals surface area contributed by atoms with Crippen LogP contribution in [0.1, 0.15) is 24.8 Å². The highest BCUT2D eigenvalue weighted by Gasteiger charge is 2.13. The molecule has 0 fully saturated rings. The number of aryl methyl sites for hydroxylation is 1. The van der Waals surface area contributed by atoms with Crippen molar-refractivity contribution in [3.63, 3.8) is 0 Å². The minimum absolute atomic E-state index is 0.138. The smallest absolute Gasteiger partial charge is 0.222 e. The van der Waals surface area contributed by atoms with Crippen molar-refractivity contribution >= 4 is 23.1 Å². The first kappa shape index (κ1) is 17.6. The molecule has 1 rings (SSSR count). The first-order valence-electron chi connectivity index (χ1n) is 7.22. The molecule has 2 N–H and O–H groups in total. The van der Waals surface area contributed by atoms with E-state index in [-0.39, 0.29) is 5.91 Å². The molecule has 21 heavy (non-hydrogen) atoms. The summed E-state index contributed by atoms with van der Waals surface area (Å²) in [5.41, 5.74) is 6.77. The van der Waals surface area contributed by atoms with Crippen molar-refractivity contribution in [2.45, 2.75) is 25.7 Å². The lowest BCUT2D eigenvalue weighted by Gasteiger charge is -2.22. The zero-order valence-corrected chi connectivity index (χ0v) is 13.4. The van der Waals surface area contributed by atoms with E-state index in [0.717, 1.165) is 12.8 Å². The summed E-state index contributed by atoms with van der Waals surface area (Å²) in [6.45, 7) is 1.69. The standard InChI is InChI=1S/C16H24N2O2S/c1-20-13-12-18(11-10-15(17)21)16(19)9-5-8-14-6-3-2-4-7-14/h2-4,6-7H,5,8-13H2,1H3,(H2,17,21). The summed E-state index contributed by atoms with van der Waals surface area (Å²) in [4.78, 5) is 14.5. The van der Waals surface area contributed by atoms with Crippen molar-refractivity contribution in [1.82, 2.24) is 4.90 Å².